The van der Waals surface area contributed by atoms with E-state index >= 15 is 0 Å². The molecule has 2 aromatic heterocycles. The number of fused-ring (bicyclic) bond motifs is 2. The lowest BCUT2D eigenvalue weighted by atomic mass is 10.1. The van der Waals surface area contributed by atoms with Crippen LogP contribution in [0.1, 0.15) is 30.3 Å². The molecule has 3 aromatic rings. The number of nitrogens with zero attached hydrogens (tertiary/aromatic N) is 5. The number of hydrogen-bond acceptors (Lipinski definition) is 5. The van der Waals surface area contributed by atoms with Gasteiger partial charge in [-0.05, 0) is 19.1 Å². The van der Waals surface area contributed by atoms with E-state index in [0.717, 1.165) is 42.5 Å². The monoisotopic (exact) mass is 323 g/mol. The Bertz CT molecular complexity index is 859. The average Bonchev–Trinajstić information content (AvgIpc) is 3.01. The molecule has 0 aliphatic carbocycles. The Labute approximate surface area is 141 Å². The summed E-state index contributed by atoms with van der Waals surface area (Å²) in [6.45, 7) is 5.35. The first kappa shape index (κ1) is 15.2. The third kappa shape index (κ3) is 2.68. The predicted molar refractivity (Wildman–Crippen MR) is 91.3 cm³/mol. The number of benzene rings is 1. The van der Waals surface area contributed by atoms with Crippen molar-refractivity contribution in [2.45, 2.75) is 32.7 Å². The molecule has 6 nitrogen and oxygen atoms in total. The van der Waals surface area contributed by atoms with E-state index in [0.29, 0.717) is 6.61 Å². The molecule has 1 atom stereocenters. The Balaban J connectivity index is 1.56. The van der Waals surface area contributed by atoms with Crippen LogP contribution in [0.3, 0.4) is 0 Å². The highest BCUT2D eigenvalue weighted by atomic mass is 16.5. The second kappa shape index (κ2) is 6.30. The fourth-order valence-electron chi connectivity index (χ4n) is 3.34. The minimum absolute atomic E-state index is 0.213. The quantitative estimate of drug-likeness (QED) is 0.738. The third-order valence-corrected chi connectivity index (χ3v) is 4.68. The largest absolute Gasteiger partial charge is 0.377 e. The van der Waals surface area contributed by atoms with Crippen LogP contribution in [0.15, 0.2) is 36.4 Å². The first-order chi connectivity index (χ1) is 11.8. The zero-order valence-corrected chi connectivity index (χ0v) is 14.0. The summed E-state index contributed by atoms with van der Waals surface area (Å²) in [6.07, 6.45) is 0. The van der Waals surface area contributed by atoms with E-state index in [2.05, 4.69) is 50.9 Å². The standard InChI is InChI=1S/C18H21N5O/c1-13-18-21-20-17(12-24-2)23(18)10-9-22(13)11-15-8-7-14-5-3-4-6-16(14)19-15/h3-8,13H,9-12H2,1-2H3/t13-/m1/s1. The van der Waals surface area contributed by atoms with Gasteiger partial charge in [0.05, 0.1) is 17.3 Å². The van der Waals surface area contributed by atoms with E-state index in [-0.39, 0.29) is 6.04 Å². The molecular formula is C18H21N5O. The second-order valence-electron chi connectivity index (χ2n) is 6.20. The highest BCUT2D eigenvalue weighted by Crippen LogP contribution is 2.26. The maximum Gasteiger partial charge on any atom is 0.159 e. The highest BCUT2D eigenvalue weighted by Gasteiger charge is 2.28. The molecular weight excluding hydrogens is 302 g/mol. The van der Waals surface area contributed by atoms with Crippen LogP contribution in [-0.4, -0.2) is 38.3 Å². The van der Waals surface area contributed by atoms with Gasteiger partial charge in [0, 0.05) is 32.1 Å². The summed E-state index contributed by atoms with van der Waals surface area (Å²) < 4.78 is 7.38. The van der Waals surface area contributed by atoms with Crippen LogP contribution in [-0.2, 0) is 24.4 Å². The van der Waals surface area contributed by atoms with Crippen LogP contribution in [0.5, 0.6) is 0 Å². The van der Waals surface area contributed by atoms with Crippen molar-refractivity contribution in [2.24, 2.45) is 0 Å². The van der Waals surface area contributed by atoms with Crippen LogP contribution in [0.2, 0.25) is 0 Å². The van der Waals surface area contributed by atoms with Gasteiger partial charge in [0.15, 0.2) is 5.82 Å². The highest BCUT2D eigenvalue weighted by molar-refractivity contribution is 5.78. The first-order valence-electron chi connectivity index (χ1n) is 8.26. The van der Waals surface area contributed by atoms with Gasteiger partial charge in [0.1, 0.15) is 12.4 Å². The minimum atomic E-state index is 0.213. The Kier molecular flexibility index (Phi) is 4.00. The maximum atomic E-state index is 5.20. The van der Waals surface area contributed by atoms with Gasteiger partial charge in [-0.2, -0.15) is 0 Å². The third-order valence-electron chi connectivity index (χ3n) is 4.68. The average molecular weight is 323 g/mol. The molecule has 1 aliphatic rings. The lowest BCUT2D eigenvalue weighted by molar-refractivity contribution is 0.142. The van der Waals surface area contributed by atoms with E-state index in [1.807, 2.05) is 12.1 Å². The molecule has 0 N–H and O–H groups in total. The van der Waals surface area contributed by atoms with Gasteiger partial charge in [-0.3, -0.25) is 9.88 Å². The summed E-state index contributed by atoms with van der Waals surface area (Å²) in [6, 6.07) is 12.7. The van der Waals surface area contributed by atoms with E-state index < -0.39 is 0 Å². The molecule has 124 valence electrons. The number of aromatic nitrogens is 4. The number of methoxy groups -OCH3 is 1. The Hall–Kier alpha value is -2.31. The molecule has 0 saturated carbocycles. The van der Waals surface area contributed by atoms with Crippen LogP contribution in [0.25, 0.3) is 10.9 Å². The molecule has 4 rings (SSSR count). The number of hydrogen-bond donors (Lipinski definition) is 0. The fourth-order valence-corrected chi connectivity index (χ4v) is 3.34. The number of ether oxygens (including phenoxy) is 1. The molecule has 0 fully saturated rings. The topological polar surface area (TPSA) is 56.1 Å². The van der Waals surface area contributed by atoms with Crippen molar-refractivity contribution in [1.82, 2.24) is 24.6 Å². The van der Waals surface area contributed by atoms with Gasteiger partial charge in [-0.25, -0.2) is 0 Å². The molecule has 24 heavy (non-hydrogen) atoms. The molecule has 0 bridgehead atoms. The first-order valence-corrected chi connectivity index (χ1v) is 8.26. The number of rotatable bonds is 4. The maximum absolute atomic E-state index is 5.20. The van der Waals surface area contributed by atoms with Crippen molar-refractivity contribution in [3.05, 3.63) is 53.7 Å². The molecule has 0 radical (unpaired) electrons. The van der Waals surface area contributed by atoms with E-state index in [4.69, 9.17) is 9.72 Å². The van der Waals surface area contributed by atoms with E-state index in [1.165, 1.54) is 5.39 Å². The number of para-hydroxylation sites is 1. The Morgan fingerprint density at radius 1 is 1.12 bits per heavy atom. The van der Waals surface area contributed by atoms with Gasteiger partial charge in [0.2, 0.25) is 0 Å². The predicted octanol–water partition coefficient (Wildman–Crippen LogP) is 2.55. The van der Waals surface area contributed by atoms with Crippen molar-refractivity contribution in [1.29, 1.82) is 0 Å². The molecule has 6 heteroatoms. The molecule has 0 unspecified atom stereocenters. The Morgan fingerprint density at radius 2 is 2.00 bits per heavy atom. The molecule has 0 spiro atoms. The molecule has 0 saturated heterocycles. The minimum Gasteiger partial charge on any atom is -0.377 e. The van der Waals surface area contributed by atoms with Crippen LogP contribution >= 0.6 is 0 Å². The molecule has 1 aromatic carbocycles. The summed E-state index contributed by atoms with van der Waals surface area (Å²) in [7, 11) is 1.69. The fraction of sp³-hybridized carbons (Fsp3) is 0.389. The van der Waals surface area contributed by atoms with E-state index in [9.17, 15) is 0 Å². The van der Waals surface area contributed by atoms with Crippen molar-refractivity contribution >= 4 is 10.9 Å². The van der Waals surface area contributed by atoms with Crippen molar-refractivity contribution in [2.75, 3.05) is 13.7 Å². The normalized spacial score (nSPS) is 18.0. The van der Waals surface area contributed by atoms with Crippen molar-refractivity contribution in [3.8, 4) is 0 Å². The van der Waals surface area contributed by atoms with Crippen LogP contribution in [0.4, 0.5) is 0 Å². The lowest BCUT2D eigenvalue weighted by Gasteiger charge is -2.33. The van der Waals surface area contributed by atoms with Gasteiger partial charge in [0.25, 0.3) is 0 Å². The smallest absolute Gasteiger partial charge is 0.159 e. The van der Waals surface area contributed by atoms with Crippen molar-refractivity contribution in [3.63, 3.8) is 0 Å². The van der Waals surface area contributed by atoms with Gasteiger partial charge >= 0.3 is 0 Å². The lowest BCUT2D eigenvalue weighted by Crippen LogP contribution is -2.37. The summed E-state index contributed by atoms with van der Waals surface area (Å²) >= 11 is 0. The summed E-state index contributed by atoms with van der Waals surface area (Å²) in [5, 5.41) is 9.81. The second-order valence-corrected chi connectivity index (χ2v) is 6.20. The van der Waals surface area contributed by atoms with E-state index in [1.54, 1.807) is 7.11 Å². The SMILES string of the molecule is COCc1nnc2n1CCN(Cc1ccc3ccccc3n1)[C@@H]2C. The number of pyridine rings is 1. The summed E-state index contributed by atoms with van der Waals surface area (Å²) in [5.41, 5.74) is 2.14. The zero-order chi connectivity index (χ0) is 16.5. The van der Waals surface area contributed by atoms with Crippen LogP contribution in [0, 0.1) is 0 Å². The molecule has 3 heterocycles. The molecule has 1 aliphatic heterocycles. The van der Waals surface area contributed by atoms with Gasteiger partial charge in [-0.15, -0.1) is 10.2 Å². The van der Waals surface area contributed by atoms with Crippen molar-refractivity contribution < 1.29 is 4.74 Å². The van der Waals surface area contributed by atoms with Crippen LogP contribution < -0.4 is 0 Å². The Morgan fingerprint density at radius 3 is 2.88 bits per heavy atom. The zero-order valence-electron chi connectivity index (χ0n) is 14.0. The van der Waals surface area contributed by atoms with Gasteiger partial charge in [-0.1, -0.05) is 24.3 Å². The summed E-state index contributed by atoms with van der Waals surface area (Å²) in [5.74, 6) is 1.91. The molecule has 0 amide bonds. The van der Waals surface area contributed by atoms with Gasteiger partial charge < -0.3 is 9.30 Å². The summed E-state index contributed by atoms with van der Waals surface area (Å²) in [4.78, 5) is 7.19.